The van der Waals surface area contributed by atoms with Crippen LogP contribution in [0.1, 0.15) is 25.5 Å². The van der Waals surface area contributed by atoms with Gasteiger partial charge in [-0.05, 0) is 43.7 Å². The number of para-hydroxylation sites is 2. The number of benzene rings is 2. The van der Waals surface area contributed by atoms with E-state index in [1.54, 1.807) is 19.1 Å². The van der Waals surface area contributed by atoms with Gasteiger partial charge in [0.25, 0.3) is 5.91 Å². The van der Waals surface area contributed by atoms with Crippen molar-refractivity contribution >= 4 is 33.6 Å². The van der Waals surface area contributed by atoms with E-state index < -0.39 is 6.04 Å². The Bertz CT molecular complexity index is 911. The SMILES string of the molecule is CCOc1ccccc1NC(=O)C1=C(C)NC(=O)N[C@@H]1c1cccc(Br)c1. The van der Waals surface area contributed by atoms with Crippen LogP contribution in [0.25, 0.3) is 0 Å². The third-order valence-corrected chi connectivity index (χ3v) is 4.62. The maximum Gasteiger partial charge on any atom is 0.319 e. The standard InChI is InChI=1S/C20H20BrN3O3/c1-3-27-16-10-5-4-9-15(16)23-19(25)17-12(2)22-20(26)24-18(17)13-7-6-8-14(21)11-13/h4-11,18H,3H2,1-2H3,(H,23,25)(H2,22,24,26)/t18-/m1/s1. The van der Waals surface area contributed by atoms with Gasteiger partial charge in [0.1, 0.15) is 5.75 Å². The normalized spacial score (nSPS) is 16.4. The van der Waals surface area contributed by atoms with Crippen LogP contribution in [-0.4, -0.2) is 18.5 Å². The van der Waals surface area contributed by atoms with Gasteiger partial charge in [0, 0.05) is 10.2 Å². The van der Waals surface area contributed by atoms with E-state index in [0.29, 0.717) is 29.3 Å². The van der Waals surface area contributed by atoms with Crippen molar-refractivity contribution in [2.45, 2.75) is 19.9 Å². The summed E-state index contributed by atoms with van der Waals surface area (Å²) >= 11 is 3.44. The maximum absolute atomic E-state index is 13.1. The summed E-state index contributed by atoms with van der Waals surface area (Å²) in [6.07, 6.45) is 0. The summed E-state index contributed by atoms with van der Waals surface area (Å²) in [6.45, 7) is 4.09. The van der Waals surface area contributed by atoms with E-state index in [9.17, 15) is 9.59 Å². The fourth-order valence-corrected chi connectivity index (χ4v) is 3.39. The number of rotatable bonds is 5. The van der Waals surface area contributed by atoms with Crippen LogP contribution >= 0.6 is 15.9 Å². The molecule has 0 unspecified atom stereocenters. The number of carbonyl (C=O) groups excluding carboxylic acids is 2. The number of carbonyl (C=O) groups is 2. The topological polar surface area (TPSA) is 79.5 Å². The second-order valence-corrected chi connectivity index (χ2v) is 6.92. The average molecular weight is 430 g/mol. The molecule has 0 fully saturated rings. The fraction of sp³-hybridized carbons (Fsp3) is 0.200. The van der Waals surface area contributed by atoms with Crippen LogP contribution in [0.4, 0.5) is 10.5 Å². The lowest BCUT2D eigenvalue weighted by atomic mass is 9.95. The van der Waals surface area contributed by atoms with Crippen molar-refractivity contribution in [2.75, 3.05) is 11.9 Å². The minimum atomic E-state index is -0.560. The first-order valence-corrected chi connectivity index (χ1v) is 9.35. The molecule has 1 atom stereocenters. The average Bonchev–Trinajstić information content (AvgIpc) is 2.63. The zero-order chi connectivity index (χ0) is 19.4. The third kappa shape index (κ3) is 4.31. The van der Waals surface area contributed by atoms with Gasteiger partial charge in [-0.1, -0.05) is 40.2 Å². The minimum absolute atomic E-state index is 0.308. The van der Waals surface area contributed by atoms with Crippen molar-refractivity contribution in [3.8, 4) is 5.75 Å². The number of hydrogen-bond donors (Lipinski definition) is 3. The van der Waals surface area contributed by atoms with Crippen molar-refractivity contribution in [1.29, 1.82) is 0 Å². The number of amides is 3. The molecule has 2 aromatic rings. The Morgan fingerprint density at radius 1 is 1.22 bits per heavy atom. The number of hydrogen-bond acceptors (Lipinski definition) is 3. The van der Waals surface area contributed by atoms with Gasteiger partial charge < -0.3 is 20.7 Å². The number of urea groups is 1. The first kappa shape index (κ1) is 19.0. The Morgan fingerprint density at radius 2 is 2.00 bits per heavy atom. The number of anilines is 1. The van der Waals surface area contributed by atoms with Crippen LogP contribution in [0.15, 0.2) is 64.3 Å². The third-order valence-electron chi connectivity index (χ3n) is 4.13. The van der Waals surface area contributed by atoms with Crippen LogP contribution in [0, 0.1) is 0 Å². The quantitative estimate of drug-likeness (QED) is 0.668. The highest BCUT2D eigenvalue weighted by molar-refractivity contribution is 9.10. The van der Waals surface area contributed by atoms with Crippen molar-refractivity contribution in [2.24, 2.45) is 0 Å². The molecule has 3 N–H and O–H groups in total. The highest BCUT2D eigenvalue weighted by atomic mass is 79.9. The second-order valence-electron chi connectivity index (χ2n) is 6.01. The summed E-state index contributed by atoms with van der Waals surface area (Å²) in [6, 6.07) is 13.8. The lowest BCUT2D eigenvalue weighted by Crippen LogP contribution is -2.46. The first-order chi connectivity index (χ1) is 13.0. The molecule has 3 rings (SSSR count). The van der Waals surface area contributed by atoms with E-state index >= 15 is 0 Å². The Hall–Kier alpha value is -2.80. The van der Waals surface area contributed by atoms with E-state index in [-0.39, 0.29) is 11.9 Å². The minimum Gasteiger partial charge on any atom is -0.492 e. The van der Waals surface area contributed by atoms with Gasteiger partial charge in [-0.15, -0.1) is 0 Å². The molecule has 0 aromatic heterocycles. The Balaban J connectivity index is 1.95. The molecule has 0 aliphatic carbocycles. The lowest BCUT2D eigenvalue weighted by Gasteiger charge is -2.29. The van der Waals surface area contributed by atoms with Gasteiger partial charge >= 0.3 is 6.03 Å². The Morgan fingerprint density at radius 3 is 2.74 bits per heavy atom. The van der Waals surface area contributed by atoms with Gasteiger partial charge in [0.05, 0.1) is 23.9 Å². The molecule has 1 aliphatic rings. The summed E-state index contributed by atoms with van der Waals surface area (Å²) in [4.78, 5) is 25.1. The molecule has 1 heterocycles. The summed E-state index contributed by atoms with van der Waals surface area (Å²) in [5.41, 5.74) is 2.34. The van der Waals surface area contributed by atoms with E-state index in [4.69, 9.17) is 4.74 Å². The fourth-order valence-electron chi connectivity index (χ4n) is 2.97. The lowest BCUT2D eigenvalue weighted by molar-refractivity contribution is -0.113. The molecule has 7 heteroatoms. The Kier molecular flexibility index (Phi) is 5.81. The summed E-state index contributed by atoms with van der Waals surface area (Å²) in [7, 11) is 0. The van der Waals surface area contributed by atoms with Crippen LogP contribution in [0.5, 0.6) is 5.75 Å². The number of allylic oxidation sites excluding steroid dienone is 1. The molecule has 0 radical (unpaired) electrons. The van der Waals surface area contributed by atoms with Gasteiger partial charge in [0.15, 0.2) is 0 Å². The van der Waals surface area contributed by atoms with Gasteiger partial charge in [-0.3, -0.25) is 4.79 Å². The molecule has 0 saturated carbocycles. The molecule has 27 heavy (non-hydrogen) atoms. The first-order valence-electron chi connectivity index (χ1n) is 8.56. The highest BCUT2D eigenvalue weighted by Crippen LogP contribution is 2.31. The molecule has 140 valence electrons. The monoisotopic (exact) mass is 429 g/mol. The molecular weight excluding hydrogens is 410 g/mol. The summed E-state index contributed by atoms with van der Waals surface area (Å²) in [5, 5.41) is 8.40. The number of nitrogens with one attached hydrogen (secondary N) is 3. The second kappa shape index (κ2) is 8.26. The van der Waals surface area contributed by atoms with E-state index in [0.717, 1.165) is 10.0 Å². The Labute approximate surface area is 166 Å². The molecule has 0 spiro atoms. The largest absolute Gasteiger partial charge is 0.492 e. The maximum atomic E-state index is 13.1. The molecule has 6 nitrogen and oxygen atoms in total. The number of halogens is 1. The predicted molar refractivity (Wildman–Crippen MR) is 107 cm³/mol. The van der Waals surface area contributed by atoms with Crippen molar-refractivity contribution in [3.63, 3.8) is 0 Å². The zero-order valence-corrected chi connectivity index (χ0v) is 16.6. The smallest absolute Gasteiger partial charge is 0.319 e. The van der Waals surface area contributed by atoms with Crippen LogP contribution in [0.3, 0.4) is 0 Å². The van der Waals surface area contributed by atoms with Crippen LogP contribution in [0.2, 0.25) is 0 Å². The predicted octanol–water partition coefficient (Wildman–Crippen LogP) is 4.11. The molecule has 0 saturated heterocycles. The number of ether oxygens (including phenoxy) is 1. The van der Waals surface area contributed by atoms with Gasteiger partial charge in [-0.25, -0.2) is 4.79 Å². The van der Waals surface area contributed by atoms with Gasteiger partial charge in [-0.2, -0.15) is 0 Å². The highest BCUT2D eigenvalue weighted by Gasteiger charge is 2.31. The van der Waals surface area contributed by atoms with Crippen molar-refractivity contribution in [3.05, 3.63) is 69.8 Å². The van der Waals surface area contributed by atoms with Gasteiger partial charge in [0.2, 0.25) is 0 Å². The molecule has 3 amide bonds. The van der Waals surface area contributed by atoms with Crippen molar-refractivity contribution in [1.82, 2.24) is 10.6 Å². The summed E-state index contributed by atoms with van der Waals surface area (Å²) in [5.74, 6) is 0.288. The molecule has 0 bridgehead atoms. The van der Waals surface area contributed by atoms with Crippen molar-refractivity contribution < 1.29 is 14.3 Å². The molecular formula is C20H20BrN3O3. The van der Waals surface area contributed by atoms with E-state index in [2.05, 4.69) is 31.9 Å². The van der Waals surface area contributed by atoms with E-state index in [1.165, 1.54) is 0 Å². The van der Waals surface area contributed by atoms with Crippen LogP contribution < -0.4 is 20.7 Å². The van der Waals surface area contributed by atoms with E-state index in [1.807, 2.05) is 43.3 Å². The molecule has 1 aliphatic heterocycles. The summed E-state index contributed by atoms with van der Waals surface area (Å²) < 4.78 is 6.44. The van der Waals surface area contributed by atoms with Crippen LogP contribution in [-0.2, 0) is 4.79 Å². The zero-order valence-electron chi connectivity index (χ0n) is 15.0. The molecule has 2 aromatic carbocycles.